The Kier molecular flexibility index (Phi) is 4.24. The van der Waals surface area contributed by atoms with Crippen molar-refractivity contribution in [1.29, 1.82) is 0 Å². The van der Waals surface area contributed by atoms with Crippen LogP contribution in [-0.4, -0.2) is 28.4 Å². The van der Waals surface area contributed by atoms with Gasteiger partial charge in [0.05, 0.1) is 11.7 Å². The van der Waals surface area contributed by atoms with Crippen molar-refractivity contribution in [2.75, 3.05) is 6.61 Å². The van der Waals surface area contributed by atoms with Crippen molar-refractivity contribution in [2.24, 2.45) is 5.92 Å². The number of nitrogens with one attached hydrogen (secondary N) is 1. The Hall–Kier alpha value is -2.14. The Bertz CT molecular complexity index is 622. The van der Waals surface area contributed by atoms with Gasteiger partial charge in [0, 0.05) is 19.0 Å². The molecule has 1 N–H and O–H groups in total. The molecule has 1 saturated heterocycles. The molecule has 116 valence electrons. The van der Waals surface area contributed by atoms with E-state index in [0.717, 1.165) is 17.7 Å². The van der Waals surface area contributed by atoms with Crippen molar-refractivity contribution in [3.63, 3.8) is 0 Å². The highest BCUT2D eigenvalue weighted by Gasteiger charge is 2.31. The molecule has 1 aliphatic heterocycles. The number of ether oxygens (including phenoxy) is 1. The third-order valence-electron chi connectivity index (χ3n) is 4.17. The largest absolute Gasteiger partial charge is 0.368 e. The van der Waals surface area contributed by atoms with E-state index < -0.39 is 0 Å². The van der Waals surface area contributed by atoms with Crippen molar-refractivity contribution in [2.45, 2.75) is 32.4 Å². The summed E-state index contributed by atoms with van der Waals surface area (Å²) in [6.07, 6.45) is 4.29. The van der Waals surface area contributed by atoms with Crippen LogP contribution in [-0.2, 0) is 9.53 Å². The number of benzene rings is 1. The predicted octanol–water partition coefficient (Wildman–Crippen LogP) is 2.47. The number of hydrogen-bond donors (Lipinski definition) is 1. The highest BCUT2D eigenvalue weighted by Crippen LogP contribution is 2.22. The molecule has 1 aromatic heterocycles. The van der Waals surface area contributed by atoms with Crippen molar-refractivity contribution in [3.8, 4) is 5.69 Å². The lowest BCUT2D eigenvalue weighted by molar-refractivity contribution is -0.132. The predicted molar refractivity (Wildman–Crippen MR) is 83.6 cm³/mol. The number of aromatic nitrogens is 2. The van der Waals surface area contributed by atoms with E-state index in [4.69, 9.17) is 4.74 Å². The fourth-order valence-electron chi connectivity index (χ4n) is 2.75. The SMILES string of the molecule is C[C@H](NC(=O)[C@@H]1OCC[C@@H]1C)c1ccc(-n2cccn2)cc1. The lowest BCUT2D eigenvalue weighted by Crippen LogP contribution is -2.38. The molecule has 0 saturated carbocycles. The molecule has 1 aliphatic rings. The van der Waals surface area contributed by atoms with Gasteiger partial charge in [-0.2, -0.15) is 5.10 Å². The summed E-state index contributed by atoms with van der Waals surface area (Å²) in [4.78, 5) is 12.2. The van der Waals surface area contributed by atoms with Crippen molar-refractivity contribution in [3.05, 3.63) is 48.3 Å². The van der Waals surface area contributed by atoms with Crippen LogP contribution < -0.4 is 5.32 Å². The summed E-state index contributed by atoms with van der Waals surface area (Å²) in [5.41, 5.74) is 2.06. The minimum Gasteiger partial charge on any atom is -0.368 e. The molecule has 3 atom stereocenters. The summed E-state index contributed by atoms with van der Waals surface area (Å²) in [5.74, 6) is 0.267. The highest BCUT2D eigenvalue weighted by molar-refractivity contribution is 5.81. The number of rotatable bonds is 4. The molecule has 3 rings (SSSR count). The molecular formula is C17H21N3O2. The van der Waals surface area contributed by atoms with E-state index in [2.05, 4.69) is 17.3 Å². The molecule has 0 radical (unpaired) electrons. The number of hydrogen-bond acceptors (Lipinski definition) is 3. The molecule has 5 nitrogen and oxygen atoms in total. The van der Waals surface area contributed by atoms with Gasteiger partial charge in [0.15, 0.2) is 0 Å². The minimum absolute atomic E-state index is 0.0198. The van der Waals surface area contributed by atoms with Crippen LogP contribution in [0.5, 0.6) is 0 Å². The first kappa shape index (κ1) is 14.8. The van der Waals surface area contributed by atoms with Crippen LogP contribution in [0, 0.1) is 5.92 Å². The lowest BCUT2D eigenvalue weighted by Gasteiger charge is -2.19. The molecule has 1 amide bonds. The zero-order valence-corrected chi connectivity index (χ0v) is 12.9. The first-order valence-corrected chi connectivity index (χ1v) is 7.67. The Morgan fingerprint density at radius 1 is 1.41 bits per heavy atom. The number of carbonyl (C=O) groups excluding carboxylic acids is 1. The van der Waals surface area contributed by atoms with Crippen LogP contribution in [0.1, 0.15) is 31.9 Å². The zero-order chi connectivity index (χ0) is 15.5. The maximum Gasteiger partial charge on any atom is 0.249 e. The van der Waals surface area contributed by atoms with E-state index in [-0.39, 0.29) is 24.0 Å². The van der Waals surface area contributed by atoms with Gasteiger partial charge in [-0.05, 0) is 43.0 Å². The van der Waals surface area contributed by atoms with E-state index in [9.17, 15) is 4.79 Å². The Morgan fingerprint density at radius 3 is 2.77 bits per heavy atom. The molecule has 2 heterocycles. The smallest absolute Gasteiger partial charge is 0.249 e. The van der Waals surface area contributed by atoms with Gasteiger partial charge in [0.25, 0.3) is 0 Å². The van der Waals surface area contributed by atoms with Crippen LogP contribution in [0.25, 0.3) is 5.69 Å². The van der Waals surface area contributed by atoms with Crippen molar-refractivity contribution in [1.82, 2.24) is 15.1 Å². The standard InChI is InChI=1S/C17H21N3O2/c1-12-8-11-22-16(12)17(21)19-13(2)14-4-6-15(7-5-14)20-10-3-9-18-20/h3-7,9-10,12-13,16H,8,11H2,1-2H3,(H,19,21)/t12-,13-,16+/m0/s1. The average molecular weight is 299 g/mol. The molecule has 5 heteroatoms. The first-order valence-electron chi connectivity index (χ1n) is 7.67. The van der Waals surface area contributed by atoms with Crippen LogP contribution in [0.3, 0.4) is 0 Å². The number of nitrogens with zero attached hydrogens (tertiary/aromatic N) is 2. The molecule has 0 bridgehead atoms. The molecule has 22 heavy (non-hydrogen) atoms. The van der Waals surface area contributed by atoms with Crippen LogP contribution in [0.15, 0.2) is 42.7 Å². The number of amides is 1. The molecule has 2 aromatic rings. The maximum atomic E-state index is 12.2. The fourth-order valence-corrected chi connectivity index (χ4v) is 2.75. The molecule has 0 aliphatic carbocycles. The van der Waals surface area contributed by atoms with Crippen LogP contribution in [0.4, 0.5) is 0 Å². The van der Waals surface area contributed by atoms with Gasteiger partial charge in [0.1, 0.15) is 6.10 Å². The zero-order valence-electron chi connectivity index (χ0n) is 12.9. The Morgan fingerprint density at radius 2 is 2.18 bits per heavy atom. The summed E-state index contributed by atoms with van der Waals surface area (Å²) in [5, 5.41) is 7.24. The van der Waals surface area contributed by atoms with E-state index in [0.29, 0.717) is 6.61 Å². The van der Waals surface area contributed by atoms with Gasteiger partial charge in [-0.1, -0.05) is 19.1 Å². The van der Waals surface area contributed by atoms with Gasteiger partial charge in [0.2, 0.25) is 5.91 Å². The van der Waals surface area contributed by atoms with Crippen molar-refractivity contribution < 1.29 is 9.53 Å². The second-order valence-corrected chi connectivity index (χ2v) is 5.83. The summed E-state index contributed by atoms with van der Waals surface area (Å²) < 4.78 is 7.31. The highest BCUT2D eigenvalue weighted by atomic mass is 16.5. The van der Waals surface area contributed by atoms with E-state index >= 15 is 0 Å². The lowest BCUT2D eigenvalue weighted by atomic mass is 10.0. The van der Waals surface area contributed by atoms with Gasteiger partial charge in [-0.3, -0.25) is 4.79 Å². The molecular weight excluding hydrogens is 278 g/mol. The van der Waals surface area contributed by atoms with Crippen LogP contribution >= 0.6 is 0 Å². The third-order valence-corrected chi connectivity index (χ3v) is 4.17. The third kappa shape index (κ3) is 3.04. The summed E-state index contributed by atoms with van der Waals surface area (Å²) >= 11 is 0. The van der Waals surface area contributed by atoms with E-state index in [1.54, 1.807) is 10.9 Å². The van der Waals surface area contributed by atoms with Gasteiger partial charge in [-0.15, -0.1) is 0 Å². The second kappa shape index (κ2) is 6.32. The molecule has 0 spiro atoms. The van der Waals surface area contributed by atoms with Gasteiger partial charge in [-0.25, -0.2) is 4.68 Å². The fraction of sp³-hybridized carbons (Fsp3) is 0.412. The molecule has 1 aromatic carbocycles. The minimum atomic E-state index is -0.314. The number of carbonyl (C=O) groups is 1. The monoisotopic (exact) mass is 299 g/mol. The normalized spacial score (nSPS) is 22.5. The quantitative estimate of drug-likeness (QED) is 0.943. The van der Waals surface area contributed by atoms with Gasteiger partial charge < -0.3 is 10.1 Å². The van der Waals surface area contributed by atoms with E-state index in [1.165, 1.54) is 0 Å². The summed E-state index contributed by atoms with van der Waals surface area (Å²) in [7, 11) is 0. The van der Waals surface area contributed by atoms with E-state index in [1.807, 2.05) is 43.5 Å². The molecule has 1 fully saturated rings. The first-order chi connectivity index (χ1) is 10.6. The maximum absolute atomic E-state index is 12.2. The average Bonchev–Trinajstić information content (AvgIpc) is 3.18. The topological polar surface area (TPSA) is 56.1 Å². The Balaban J connectivity index is 1.65. The van der Waals surface area contributed by atoms with Gasteiger partial charge >= 0.3 is 0 Å². The summed E-state index contributed by atoms with van der Waals surface area (Å²) in [6.45, 7) is 4.72. The Labute approximate surface area is 130 Å². The van der Waals surface area contributed by atoms with Crippen molar-refractivity contribution >= 4 is 5.91 Å². The summed E-state index contributed by atoms with van der Waals surface area (Å²) in [6, 6.07) is 9.87. The molecule has 0 unspecified atom stereocenters. The van der Waals surface area contributed by atoms with Crippen LogP contribution in [0.2, 0.25) is 0 Å². The second-order valence-electron chi connectivity index (χ2n) is 5.83.